The van der Waals surface area contributed by atoms with E-state index < -0.39 is 5.79 Å². The second-order valence-corrected chi connectivity index (χ2v) is 6.82. The first-order chi connectivity index (χ1) is 13.7. The molecule has 0 bridgehead atoms. The molecule has 0 aromatic heterocycles. The number of ether oxygens (including phenoxy) is 3. The number of carbonyl (C=O) groups is 1. The van der Waals surface area contributed by atoms with Crippen molar-refractivity contribution in [1.29, 1.82) is 5.26 Å². The molecule has 142 valence electrons. The molecule has 1 N–H and O–H groups in total. The van der Waals surface area contributed by atoms with Crippen molar-refractivity contribution in [1.82, 2.24) is 0 Å². The summed E-state index contributed by atoms with van der Waals surface area (Å²) in [5.74, 6) is 1.28. The number of nitrogens with one attached hydrogen (secondary N) is 1. The first kappa shape index (κ1) is 17.9. The van der Waals surface area contributed by atoms with Crippen molar-refractivity contribution in [2.24, 2.45) is 0 Å². The van der Waals surface area contributed by atoms with Gasteiger partial charge in [-0.15, -0.1) is 0 Å². The van der Waals surface area contributed by atoms with Crippen molar-refractivity contribution in [2.45, 2.75) is 31.5 Å². The molecule has 6 heteroatoms. The number of amides is 1. The van der Waals surface area contributed by atoms with Crippen LogP contribution in [0.3, 0.4) is 0 Å². The largest absolute Gasteiger partial charge is 0.479 e. The number of nitrogens with zero attached hydrogens (tertiary/aromatic N) is 1. The molecule has 1 spiro atoms. The van der Waals surface area contributed by atoms with E-state index >= 15 is 0 Å². The van der Waals surface area contributed by atoms with E-state index in [0.717, 1.165) is 37.0 Å². The van der Waals surface area contributed by atoms with Crippen LogP contribution < -0.4 is 19.5 Å². The molecule has 1 saturated carbocycles. The molecule has 0 saturated heterocycles. The fourth-order valence-electron chi connectivity index (χ4n) is 3.44. The van der Waals surface area contributed by atoms with Crippen LogP contribution in [-0.4, -0.2) is 18.3 Å². The van der Waals surface area contributed by atoms with Crippen LogP contribution in [0.1, 0.15) is 31.2 Å². The van der Waals surface area contributed by atoms with Crippen LogP contribution in [-0.2, 0) is 4.79 Å². The minimum Gasteiger partial charge on any atom is -0.479 e. The summed E-state index contributed by atoms with van der Waals surface area (Å²) >= 11 is 0. The van der Waals surface area contributed by atoms with Crippen molar-refractivity contribution < 1.29 is 19.0 Å². The van der Waals surface area contributed by atoms with Crippen LogP contribution in [0.2, 0.25) is 0 Å². The zero-order valence-corrected chi connectivity index (χ0v) is 15.3. The molecule has 1 amide bonds. The van der Waals surface area contributed by atoms with E-state index in [1.165, 1.54) is 6.08 Å². The van der Waals surface area contributed by atoms with Gasteiger partial charge in [0.1, 0.15) is 11.8 Å². The summed E-state index contributed by atoms with van der Waals surface area (Å²) in [6.07, 6.45) is 7.18. The number of anilines is 1. The highest BCUT2D eigenvalue weighted by Gasteiger charge is 2.44. The Balaban J connectivity index is 1.36. The van der Waals surface area contributed by atoms with Gasteiger partial charge in [0.15, 0.2) is 18.1 Å². The summed E-state index contributed by atoms with van der Waals surface area (Å²) in [4.78, 5) is 12.2. The highest BCUT2D eigenvalue weighted by molar-refractivity contribution is 6.02. The number of carbonyl (C=O) groups excluding carboxylic acids is 1. The van der Waals surface area contributed by atoms with E-state index in [-0.39, 0.29) is 12.5 Å². The molecule has 28 heavy (non-hydrogen) atoms. The number of hydrogen-bond donors (Lipinski definition) is 1. The first-order valence-corrected chi connectivity index (χ1v) is 9.27. The number of hydrogen-bond acceptors (Lipinski definition) is 5. The van der Waals surface area contributed by atoms with Crippen LogP contribution in [0.25, 0.3) is 6.08 Å². The third-order valence-corrected chi connectivity index (χ3v) is 4.78. The lowest BCUT2D eigenvalue weighted by atomic mass is 10.2. The molecule has 1 heterocycles. The van der Waals surface area contributed by atoms with Gasteiger partial charge in [0.2, 0.25) is 5.91 Å². The molecule has 4 rings (SSSR count). The van der Waals surface area contributed by atoms with Crippen molar-refractivity contribution in [3.63, 3.8) is 0 Å². The Kier molecular flexibility index (Phi) is 4.90. The third kappa shape index (κ3) is 3.94. The van der Waals surface area contributed by atoms with E-state index in [9.17, 15) is 4.79 Å². The topological polar surface area (TPSA) is 80.6 Å². The number of fused-ring (bicyclic) bond motifs is 1. The molecular weight excluding hydrogens is 356 g/mol. The quantitative estimate of drug-likeness (QED) is 0.788. The zero-order valence-electron chi connectivity index (χ0n) is 15.3. The summed E-state index contributed by atoms with van der Waals surface area (Å²) in [5, 5.41) is 11.3. The minimum atomic E-state index is -0.506. The van der Waals surface area contributed by atoms with Gasteiger partial charge in [-0.1, -0.05) is 12.1 Å². The molecule has 2 aliphatic rings. The average Bonchev–Trinajstić information content (AvgIpc) is 3.31. The Morgan fingerprint density at radius 3 is 2.64 bits per heavy atom. The van der Waals surface area contributed by atoms with E-state index in [4.69, 9.17) is 19.5 Å². The first-order valence-electron chi connectivity index (χ1n) is 9.27. The lowest BCUT2D eigenvalue weighted by Crippen LogP contribution is -2.34. The van der Waals surface area contributed by atoms with E-state index in [0.29, 0.717) is 17.2 Å². The average molecular weight is 376 g/mol. The Bertz CT molecular complexity index is 938. The molecule has 1 aliphatic carbocycles. The fourth-order valence-corrected chi connectivity index (χ4v) is 3.44. The fraction of sp³-hybridized carbons (Fsp3) is 0.273. The van der Waals surface area contributed by atoms with Gasteiger partial charge < -0.3 is 19.5 Å². The Labute approximate surface area is 163 Å². The monoisotopic (exact) mass is 376 g/mol. The highest BCUT2D eigenvalue weighted by atomic mass is 16.7. The second kappa shape index (κ2) is 7.65. The van der Waals surface area contributed by atoms with Crippen LogP contribution in [0.15, 0.2) is 48.5 Å². The highest BCUT2D eigenvalue weighted by Crippen LogP contribution is 2.47. The molecule has 0 unspecified atom stereocenters. The molecule has 2 aromatic carbocycles. The summed E-state index contributed by atoms with van der Waals surface area (Å²) in [5.41, 5.74) is 1.51. The van der Waals surface area contributed by atoms with Gasteiger partial charge in [-0.3, -0.25) is 4.79 Å². The predicted octanol–water partition coefficient (Wildman–Crippen LogP) is 4.28. The molecule has 1 aliphatic heterocycles. The standard InChI is InChI=1S/C22H20N2O4/c23-13-14-26-18-7-3-16(4-8-18)5-10-21(25)24-17-6-9-19-20(15-17)28-22(27-19)11-1-2-12-22/h3-10,15H,1-2,11-12,14H2,(H,24,25)/b10-5+. The van der Waals surface area contributed by atoms with Crippen LogP contribution in [0.4, 0.5) is 5.69 Å². The molecule has 0 atom stereocenters. The summed E-state index contributed by atoms with van der Waals surface area (Å²) < 4.78 is 17.2. The lowest BCUT2D eigenvalue weighted by Gasteiger charge is -2.21. The lowest BCUT2D eigenvalue weighted by molar-refractivity contribution is -0.111. The number of rotatable bonds is 5. The third-order valence-electron chi connectivity index (χ3n) is 4.78. The van der Waals surface area contributed by atoms with Gasteiger partial charge in [0.05, 0.1) is 0 Å². The summed E-state index contributed by atoms with van der Waals surface area (Å²) in [6.45, 7) is 0.00818. The van der Waals surface area contributed by atoms with Crippen LogP contribution >= 0.6 is 0 Å². The molecule has 0 radical (unpaired) electrons. The Hall–Kier alpha value is -3.46. The van der Waals surface area contributed by atoms with Crippen molar-refractivity contribution in [3.8, 4) is 23.3 Å². The van der Waals surface area contributed by atoms with Crippen molar-refractivity contribution >= 4 is 17.7 Å². The normalized spacial score (nSPS) is 16.2. The molecule has 6 nitrogen and oxygen atoms in total. The SMILES string of the molecule is N#CCOc1ccc(/C=C/C(=O)Nc2ccc3c(c2)OC2(CCCC2)O3)cc1. The number of benzene rings is 2. The van der Waals surface area contributed by atoms with Crippen molar-refractivity contribution in [2.75, 3.05) is 11.9 Å². The Morgan fingerprint density at radius 1 is 1.14 bits per heavy atom. The van der Waals surface area contributed by atoms with E-state index in [1.807, 2.05) is 30.3 Å². The van der Waals surface area contributed by atoms with Gasteiger partial charge >= 0.3 is 0 Å². The maximum Gasteiger partial charge on any atom is 0.251 e. The zero-order chi connectivity index (χ0) is 19.4. The maximum atomic E-state index is 12.2. The summed E-state index contributed by atoms with van der Waals surface area (Å²) in [7, 11) is 0. The smallest absolute Gasteiger partial charge is 0.251 e. The molecule has 1 fully saturated rings. The predicted molar refractivity (Wildman–Crippen MR) is 104 cm³/mol. The molecule has 2 aromatic rings. The van der Waals surface area contributed by atoms with E-state index in [1.54, 1.807) is 24.3 Å². The molecular formula is C22H20N2O4. The van der Waals surface area contributed by atoms with Gasteiger partial charge in [0, 0.05) is 30.7 Å². The van der Waals surface area contributed by atoms with Crippen LogP contribution in [0.5, 0.6) is 17.2 Å². The maximum absolute atomic E-state index is 12.2. The van der Waals surface area contributed by atoms with Gasteiger partial charge in [-0.25, -0.2) is 0 Å². The second-order valence-electron chi connectivity index (χ2n) is 6.82. The van der Waals surface area contributed by atoms with Gasteiger partial charge in [-0.05, 0) is 48.7 Å². The minimum absolute atomic E-state index is 0.00818. The van der Waals surface area contributed by atoms with Crippen molar-refractivity contribution in [3.05, 3.63) is 54.1 Å². The number of nitriles is 1. The van der Waals surface area contributed by atoms with E-state index in [2.05, 4.69) is 5.32 Å². The van der Waals surface area contributed by atoms with Crippen LogP contribution in [0, 0.1) is 11.3 Å². The van der Waals surface area contributed by atoms with Gasteiger partial charge in [-0.2, -0.15) is 5.26 Å². The summed E-state index contributed by atoms with van der Waals surface area (Å²) in [6, 6.07) is 14.5. The Morgan fingerprint density at radius 2 is 1.89 bits per heavy atom. The van der Waals surface area contributed by atoms with Gasteiger partial charge in [0.25, 0.3) is 5.79 Å².